The van der Waals surface area contributed by atoms with Crippen molar-refractivity contribution in [3.05, 3.63) is 60.8 Å². The summed E-state index contributed by atoms with van der Waals surface area (Å²) in [4.78, 5) is 13.3. The molecule has 2 saturated heterocycles. The highest BCUT2D eigenvalue weighted by molar-refractivity contribution is 5.76. The van der Waals surface area contributed by atoms with Crippen LogP contribution in [0.2, 0.25) is 0 Å². The minimum Gasteiger partial charge on any atom is -0.394 e. The lowest BCUT2D eigenvalue weighted by Gasteiger charge is -2.46. The van der Waals surface area contributed by atoms with Gasteiger partial charge in [-0.25, -0.2) is 0 Å². The van der Waals surface area contributed by atoms with Crippen LogP contribution in [-0.2, 0) is 23.7 Å². The first-order chi connectivity index (χ1) is 37.6. The molecule has 9 N–H and O–H groups in total. The molecule has 2 heterocycles. The number of aliphatic hydroxyl groups excluding tert-OH is 8. The molecule has 0 aromatic carbocycles. The molecule has 0 saturated carbocycles. The monoisotopic (exact) mass is 1090 g/mol. The maximum Gasteiger partial charge on any atom is 0.220 e. The van der Waals surface area contributed by atoms with E-state index in [0.29, 0.717) is 12.8 Å². The Morgan fingerprint density at radius 2 is 0.896 bits per heavy atom. The topological polar surface area (TPSA) is 228 Å². The summed E-state index contributed by atoms with van der Waals surface area (Å²) in [6.07, 6.45) is 45.0. The third-order valence-electron chi connectivity index (χ3n) is 15.0. The Labute approximate surface area is 466 Å². The maximum absolute atomic E-state index is 13.3. The van der Waals surface area contributed by atoms with E-state index in [2.05, 4.69) is 79.9 Å². The van der Waals surface area contributed by atoms with Crippen LogP contribution in [0.1, 0.15) is 239 Å². The van der Waals surface area contributed by atoms with Gasteiger partial charge in [-0.05, 0) is 57.8 Å². The number of unbranched alkanes of at least 4 members (excludes halogenated alkanes) is 26. The van der Waals surface area contributed by atoms with Crippen molar-refractivity contribution in [1.29, 1.82) is 0 Å². The normalized spacial score (nSPS) is 25.1. The summed E-state index contributed by atoms with van der Waals surface area (Å²) in [7, 11) is 0. The lowest BCUT2D eigenvalue weighted by molar-refractivity contribution is -0.359. The quantitative estimate of drug-likeness (QED) is 0.0204. The van der Waals surface area contributed by atoms with Gasteiger partial charge in [0.05, 0.1) is 32.0 Å². The van der Waals surface area contributed by atoms with E-state index in [1.54, 1.807) is 0 Å². The standard InChI is InChI=1S/C63H113NO13/c1-3-5-7-9-11-13-15-17-19-21-22-23-24-25-26-27-28-29-30-31-33-35-37-39-41-43-45-47-55(68)64-51(52(67)46-44-42-40-38-36-34-32-20-18-16-14-12-10-8-6-4-2)50-74-62-60(73)58(71)61(54(49-66)76-62)77-63-59(72)57(70)56(69)53(48-65)75-63/h5,7,11,13,17,19,22-23,25-26,51-54,56-63,65-67,69-73H,3-4,6,8-10,12,14-16,18,20-21,24,27-50H2,1-2H3,(H,64,68)/b7-5-,13-11-,19-17-,23-22-,26-25-. The molecule has 14 nitrogen and oxygen atoms in total. The molecule has 448 valence electrons. The van der Waals surface area contributed by atoms with Crippen LogP contribution in [-0.4, -0.2) is 140 Å². The second kappa shape index (κ2) is 48.4. The van der Waals surface area contributed by atoms with Gasteiger partial charge in [-0.15, -0.1) is 0 Å². The molecule has 1 amide bonds. The number of allylic oxidation sites excluding steroid dienone is 10. The summed E-state index contributed by atoms with van der Waals surface area (Å²) < 4.78 is 22.8. The number of carbonyl (C=O) groups excluding carboxylic acids is 1. The largest absolute Gasteiger partial charge is 0.394 e. The molecule has 14 heteroatoms. The number of carbonyl (C=O) groups is 1. The van der Waals surface area contributed by atoms with E-state index in [-0.39, 0.29) is 12.5 Å². The Balaban J connectivity index is 1.71. The van der Waals surface area contributed by atoms with E-state index in [1.807, 2.05) is 0 Å². The Kier molecular flexibility index (Phi) is 44.5. The van der Waals surface area contributed by atoms with Crippen molar-refractivity contribution in [2.45, 2.75) is 312 Å². The van der Waals surface area contributed by atoms with Crippen LogP contribution in [0.25, 0.3) is 0 Å². The van der Waals surface area contributed by atoms with Gasteiger partial charge in [0, 0.05) is 6.42 Å². The van der Waals surface area contributed by atoms with Crippen LogP contribution in [0.15, 0.2) is 60.8 Å². The molecule has 0 bridgehead atoms. The number of hydrogen-bond acceptors (Lipinski definition) is 13. The van der Waals surface area contributed by atoms with E-state index in [4.69, 9.17) is 18.9 Å². The lowest BCUT2D eigenvalue weighted by Crippen LogP contribution is -2.65. The second-order valence-electron chi connectivity index (χ2n) is 21.8. The Hall–Kier alpha value is -2.31. The molecule has 2 rings (SSSR count). The van der Waals surface area contributed by atoms with E-state index >= 15 is 0 Å². The number of rotatable bonds is 49. The van der Waals surface area contributed by atoms with Crippen LogP contribution in [0.3, 0.4) is 0 Å². The molecule has 0 aromatic rings. The van der Waals surface area contributed by atoms with Crippen LogP contribution in [0.5, 0.6) is 0 Å². The van der Waals surface area contributed by atoms with Gasteiger partial charge in [0.2, 0.25) is 5.91 Å². The van der Waals surface area contributed by atoms with Crippen molar-refractivity contribution < 1.29 is 64.6 Å². The van der Waals surface area contributed by atoms with E-state index in [9.17, 15) is 45.6 Å². The minimum absolute atomic E-state index is 0.211. The average molecular weight is 1090 g/mol. The number of hydrogen-bond donors (Lipinski definition) is 9. The van der Waals surface area contributed by atoms with E-state index in [1.165, 1.54) is 122 Å². The van der Waals surface area contributed by atoms with E-state index < -0.39 is 86.8 Å². The lowest BCUT2D eigenvalue weighted by atomic mass is 9.97. The highest BCUT2D eigenvalue weighted by Crippen LogP contribution is 2.30. The molecule has 12 atom stereocenters. The highest BCUT2D eigenvalue weighted by Gasteiger charge is 2.51. The zero-order chi connectivity index (χ0) is 56.0. The van der Waals surface area contributed by atoms with Crippen LogP contribution in [0, 0.1) is 0 Å². The van der Waals surface area contributed by atoms with Gasteiger partial charge >= 0.3 is 0 Å². The molecule has 0 aliphatic carbocycles. The first-order valence-corrected chi connectivity index (χ1v) is 31.0. The molecule has 0 radical (unpaired) electrons. The van der Waals surface area contributed by atoms with Crippen molar-refractivity contribution in [3.63, 3.8) is 0 Å². The van der Waals surface area contributed by atoms with Gasteiger partial charge in [-0.3, -0.25) is 4.79 Å². The Morgan fingerprint density at radius 3 is 1.38 bits per heavy atom. The van der Waals surface area contributed by atoms with Crippen molar-refractivity contribution in [1.82, 2.24) is 5.32 Å². The minimum atomic E-state index is -1.78. The number of nitrogens with one attached hydrogen (secondary N) is 1. The molecule has 0 spiro atoms. The zero-order valence-corrected chi connectivity index (χ0v) is 48.2. The predicted octanol–water partition coefficient (Wildman–Crippen LogP) is 10.9. The van der Waals surface area contributed by atoms with Crippen LogP contribution < -0.4 is 5.32 Å². The number of aliphatic hydroxyl groups is 8. The SMILES string of the molecule is CC/C=C\C/C=C\C/C=C\C/C=C\C/C=C\CCCCCCCCCCCCCC(=O)NC(COC1OC(CO)C(OC2OC(CO)C(O)C(O)C2O)C(O)C1O)C(O)CCCCCCCCCCCCCCCCCC. The van der Waals surface area contributed by atoms with Crippen molar-refractivity contribution in [3.8, 4) is 0 Å². The van der Waals surface area contributed by atoms with Gasteiger partial charge in [0.1, 0.15) is 48.8 Å². The predicted molar refractivity (Wildman–Crippen MR) is 309 cm³/mol. The number of amides is 1. The summed E-state index contributed by atoms with van der Waals surface area (Å²) in [5, 5.41) is 87.3. The van der Waals surface area contributed by atoms with Crippen molar-refractivity contribution in [2.24, 2.45) is 0 Å². The first-order valence-electron chi connectivity index (χ1n) is 31.0. The number of ether oxygens (including phenoxy) is 4. The van der Waals surface area contributed by atoms with Gasteiger partial charge in [0.25, 0.3) is 0 Å². The fourth-order valence-corrected chi connectivity index (χ4v) is 10.0. The van der Waals surface area contributed by atoms with Gasteiger partial charge < -0.3 is 65.1 Å². The first kappa shape index (κ1) is 70.8. The van der Waals surface area contributed by atoms with Crippen molar-refractivity contribution in [2.75, 3.05) is 19.8 Å². The highest BCUT2D eigenvalue weighted by atomic mass is 16.7. The van der Waals surface area contributed by atoms with Gasteiger partial charge in [-0.2, -0.15) is 0 Å². The maximum atomic E-state index is 13.3. The molecule has 2 aliphatic rings. The van der Waals surface area contributed by atoms with Gasteiger partial charge in [-0.1, -0.05) is 235 Å². The van der Waals surface area contributed by atoms with Crippen LogP contribution in [0.4, 0.5) is 0 Å². The van der Waals surface area contributed by atoms with Crippen LogP contribution >= 0.6 is 0 Å². The molecule has 77 heavy (non-hydrogen) atoms. The van der Waals surface area contributed by atoms with Gasteiger partial charge in [0.15, 0.2) is 12.6 Å². The molecular weight excluding hydrogens is 979 g/mol. The summed E-state index contributed by atoms with van der Waals surface area (Å²) in [6, 6.07) is -0.833. The van der Waals surface area contributed by atoms with Crippen molar-refractivity contribution >= 4 is 5.91 Å². The summed E-state index contributed by atoms with van der Waals surface area (Å²) in [6.45, 7) is 2.76. The van der Waals surface area contributed by atoms with E-state index in [0.717, 1.165) is 89.9 Å². The average Bonchev–Trinajstić information content (AvgIpc) is 3.43. The third kappa shape index (κ3) is 33.9. The summed E-state index contributed by atoms with van der Waals surface area (Å²) in [5.74, 6) is -0.211. The second-order valence-corrected chi connectivity index (χ2v) is 21.8. The fourth-order valence-electron chi connectivity index (χ4n) is 10.0. The zero-order valence-electron chi connectivity index (χ0n) is 48.2. The molecule has 2 aliphatic heterocycles. The molecule has 12 unspecified atom stereocenters. The Bertz CT molecular complexity index is 1520. The third-order valence-corrected chi connectivity index (χ3v) is 15.0. The molecular formula is C63H113NO13. The Morgan fingerprint density at radius 1 is 0.481 bits per heavy atom. The smallest absolute Gasteiger partial charge is 0.220 e. The summed E-state index contributed by atoms with van der Waals surface area (Å²) in [5.41, 5.74) is 0. The molecule has 2 fully saturated rings. The molecule has 0 aromatic heterocycles. The summed E-state index contributed by atoms with van der Waals surface area (Å²) >= 11 is 0. The fraction of sp³-hybridized carbons (Fsp3) is 0.825.